The third kappa shape index (κ3) is 3.61. The van der Waals surface area contributed by atoms with Gasteiger partial charge in [0.1, 0.15) is 25.4 Å². The second-order valence-electron chi connectivity index (χ2n) is 7.07. The van der Waals surface area contributed by atoms with Crippen LogP contribution in [0.25, 0.3) is 11.0 Å². The highest BCUT2D eigenvalue weighted by molar-refractivity contribution is 5.98. The Labute approximate surface area is 143 Å². The molecule has 0 radical (unpaired) electrons. The molecule has 1 aromatic heterocycles. The molecule has 0 atom stereocenters. The van der Waals surface area contributed by atoms with E-state index in [1.165, 1.54) is 32.4 Å². The van der Waals surface area contributed by atoms with Crippen molar-refractivity contribution in [1.82, 2.24) is 10.1 Å². The Bertz CT molecular complexity index is 724. The smallest absolute Gasteiger partial charge is 0.184 e. The molecule has 1 saturated heterocycles. The number of rotatable bonds is 5. The van der Waals surface area contributed by atoms with Crippen LogP contribution in [0.3, 0.4) is 0 Å². The summed E-state index contributed by atoms with van der Waals surface area (Å²) in [6, 6.07) is 4.08. The average molecular weight is 330 g/mol. The van der Waals surface area contributed by atoms with Gasteiger partial charge in [0.15, 0.2) is 11.8 Å². The third-order valence-electron chi connectivity index (χ3n) is 4.95. The van der Waals surface area contributed by atoms with Crippen LogP contribution in [0.5, 0.6) is 5.75 Å². The largest absolute Gasteiger partial charge is 0.496 e. The van der Waals surface area contributed by atoms with Crippen LogP contribution in [0.2, 0.25) is 0 Å². The number of ether oxygens (including phenoxy) is 1. The van der Waals surface area contributed by atoms with Crippen LogP contribution < -0.4 is 4.74 Å². The van der Waals surface area contributed by atoms with Crippen molar-refractivity contribution >= 4 is 17.2 Å². The average Bonchev–Trinajstić information content (AvgIpc) is 2.98. The molecule has 0 aliphatic carbocycles. The molecule has 1 fully saturated rings. The van der Waals surface area contributed by atoms with Crippen LogP contribution in [-0.4, -0.2) is 62.2 Å². The molecule has 0 bridgehead atoms. The number of nitrogens with zero attached hydrogens (tertiary/aromatic N) is 3. The van der Waals surface area contributed by atoms with E-state index in [2.05, 4.69) is 23.2 Å². The topological polar surface area (TPSA) is 41.5 Å². The van der Waals surface area contributed by atoms with E-state index >= 15 is 0 Å². The van der Waals surface area contributed by atoms with Gasteiger partial charge in [-0.25, -0.2) is 4.58 Å². The highest BCUT2D eigenvalue weighted by atomic mass is 16.5. The summed E-state index contributed by atoms with van der Waals surface area (Å²) in [5.41, 5.74) is 2.85. The molecule has 0 amide bonds. The molecule has 0 unspecified atom stereocenters. The molecule has 5 nitrogen and oxygen atoms in total. The van der Waals surface area contributed by atoms with E-state index in [0.29, 0.717) is 0 Å². The van der Waals surface area contributed by atoms with Gasteiger partial charge in [-0.3, -0.25) is 0 Å². The fourth-order valence-corrected chi connectivity index (χ4v) is 3.49. The summed E-state index contributed by atoms with van der Waals surface area (Å²) in [4.78, 5) is 2.41. The molecule has 5 heteroatoms. The molecule has 1 aromatic carbocycles. The van der Waals surface area contributed by atoms with E-state index in [4.69, 9.17) is 9.26 Å². The Hall–Kier alpha value is -1.88. The molecular weight excluding hydrogens is 302 g/mol. The van der Waals surface area contributed by atoms with Crippen LogP contribution >= 0.6 is 0 Å². The molecule has 0 spiro atoms. The molecule has 1 aliphatic heterocycles. The van der Waals surface area contributed by atoms with Gasteiger partial charge in [-0.15, -0.1) is 0 Å². The molecule has 2 aromatic rings. The molecule has 24 heavy (non-hydrogen) atoms. The van der Waals surface area contributed by atoms with Gasteiger partial charge in [-0.05, 0) is 63.9 Å². The Balaban J connectivity index is 1.81. The molecule has 0 N–H and O–H groups in total. The predicted octanol–water partition coefficient (Wildman–Crippen LogP) is 2.80. The summed E-state index contributed by atoms with van der Waals surface area (Å²) >= 11 is 0. The first-order chi connectivity index (χ1) is 11.6. The zero-order valence-electron chi connectivity index (χ0n) is 15.2. The van der Waals surface area contributed by atoms with E-state index in [1.54, 1.807) is 7.11 Å². The van der Waals surface area contributed by atoms with E-state index in [0.717, 1.165) is 40.3 Å². The maximum Gasteiger partial charge on any atom is 0.184 e. The minimum atomic E-state index is 0.805. The number of piperidine rings is 1. The summed E-state index contributed by atoms with van der Waals surface area (Å²) in [5, 5.41) is 5.47. The van der Waals surface area contributed by atoms with Crippen LogP contribution in [0.15, 0.2) is 16.7 Å². The van der Waals surface area contributed by atoms with Crippen LogP contribution in [-0.2, 0) is 6.42 Å². The van der Waals surface area contributed by atoms with Crippen molar-refractivity contribution in [3.8, 4) is 5.75 Å². The summed E-state index contributed by atoms with van der Waals surface area (Å²) in [7, 11) is 7.88. The SMILES string of the molecule is COc1ccc2c(CCC3CCN(C)CC3)noc2c1C=[N+](C)C. The summed E-state index contributed by atoms with van der Waals surface area (Å²) in [6.07, 6.45) is 6.77. The monoisotopic (exact) mass is 330 g/mol. The Morgan fingerprint density at radius 1 is 1.33 bits per heavy atom. The molecule has 2 heterocycles. The minimum absolute atomic E-state index is 0.805. The summed E-state index contributed by atoms with van der Waals surface area (Å²) in [6.45, 7) is 2.42. The second-order valence-corrected chi connectivity index (χ2v) is 7.07. The van der Waals surface area contributed by atoms with Gasteiger partial charge in [-0.2, -0.15) is 0 Å². The predicted molar refractivity (Wildman–Crippen MR) is 96.4 cm³/mol. The first-order valence-electron chi connectivity index (χ1n) is 8.73. The number of methoxy groups -OCH3 is 1. The third-order valence-corrected chi connectivity index (χ3v) is 4.95. The molecule has 130 valence electrons. The van der Waals surface area contributed by atoms with Crippen molar-refractivity contribution in [2.24, 2.45) is 5.92 Å². The lowest BCUT2D eigenvalue weighted by molar-refractivity contribution is -0.458. The van der Waals surface area contributed by atoms with Gasteiger partial charge >= 0.3 is 0 Å². The lowest BCUT2D eigenvalue weighted by Crippen LogP contribution is -2.30. The fourth-order valence-electron chi connectivity index (χ4n) is 3.49. The number of hydrogen-bond donors (Lipinski definition) is 0. The van der Waals surface area contributed by atoms with Gasteiger partial charge in [0.25, 0.3) is 0 Å². The highest BCUT2D eigenvalue weighted by Crippen LogP contribution is 2.30. The Kier molecular flexibility index (Phi) is 5.19. The number of hydrogen-bond acceptors (Lipinski definition) is 4. The van der Waals surface area contributed by atoms with Crippen LogP contribution in [0.1, 0.15) is 30.5 Å². The van der Waals surface area contributed by atoms with Gasteiger partial charge in [-0.1, -0.05) is 5.16 Å². The lowest BCUT2D eigenvalue weighted by Gasteiger charge is -2.28. The standard InChI is InChI=1S/C19H28N3O2/c1-21(2)13-16-18(23-4)8-6-15-17(20-24-19(15)16)7-5-14-9-11-22(3)12-10-14/h6,8,13-14H,5,7,9-12H2,1-4H3/q+1. The fraction of sp³-hybridized carbons (Fsp3) is 0.579. The normalized spacial score (nSPS) is 16.5. The van der Waals surface area contributed by atoms with Crippen molar-refractivity contribution in [3.63, 3.8) is 0 Å². The number of aryl methyl sites for hydroxylation is 1. The Morgan fingerprint density at radius 3 is 2.75 bits per heavy atom. The molecule has 0 saturated carbocycles. The first-order valence-corrected chi connectivity index (χ1v) is 8.73. The second kappa shape index (κ2) is 7.34. The van der Waals surface area contributed by atoms with Crippen LogP contribution in [0.4, 0.5) is 0 Å². The lowest BCUT2D eigenvalue weighted by atomic mass is 9.91. The van der Waals surface area contributed by atoms with Gasteiger partial charge in [0, 0.05) is 5.39 Å². The zero-order valence-corrected chi connectivity index (χ0v) is 15.2. The maximum atomic E-state index is 5.68. The molecule has 1 aliphatic rings. The van der Waals surface area contributed by atoms with Crippen molar-refractivity contribution in [2.45, 2.75) is 25.7 Å². The van der Waals surface area contributed by atoms with Crippen LogP contribution in [0, 0.1) is 5.92 Å². The zero-order chi connectivity index (χ0) is 17.1. The number of likely N-dealkylation sites (tertiary alicyclic amines) is 1. The maximum absolute atomic E-state index is 5.68. The van der Waals surface area contributed by atoms with E-state index < -0.39 is 0 Å². The van der Waals surface area contributed by atoms with Gasteiger partial charge < -0.3 is 14.2 Å². The van der Waals surface area contributed by atoms with E-state index in [1.807, 2.05) is 31.0 Å². The number of fused-ring (bicyclic) bond motifs is 1. The molecule has 3 rings (SSSR count). The Morgan fingerprint density at radius 2 is 2.08 bits per heavy atom. The van der Waals surface area contributed by atoms with Gasteiger partial charge in [0.05, 0.1) is 12.8 Å². The van der Waals surface area contributed by atoms with Crippen molar-refractivity contribution < 1.29 is 13.8 Å². The number of benzene rings is 1. The summed E-state index contributed by atoms with van der Waals surface area (Å²) < 4.78 is 13.2. The highest BCUT2D eigenvalue weighted by Gasteiger charge is 2.20. The first kappa shape index (κ1) is 17.0. The van der Waals surface area contributed by atoms with Crippen molar-refractivity contribution in [3.05, 3.63) is 23.4 Å². The number of aromatic nitrogens is 1. The molecular formula is C19H28N3O2+. The van der Waals surface area contributed by atoms with Crippen molar-refractivity contribution in [2.75, 3.05) is 41.3 Å². The van der Waals surface area contributed by atoms with E-state index in [-0.39, 0.29) is 0 Å². The minimum Gasteiger partial charge on any atom is -0.496 e. The quantitative estimate of drug-likeness (QED) is 0.624. The van der Waals surface area contributed by atoms with Gasteiger partial charge in [0.2, 0.25) is 0 Å². The summed E-state index contributed by atoms with van der Waals surface area (Å²) in [5.74, 6) is 1.62. The van der Waals surface area contributed by atoms with E-state index in [9.17, 15) is 0 Å². The van der Waals surface area contributed by atoms with Crippen molar-refractivity contribution in [1.29, 1.82) is 0 Å².